The van der Waals surface area contributed by atoms with Gasteiger partial charge in [-0.1, -0.05) is 0 Å². The van der Waals surface area contributed by atoms with Gasteiger partial charge >= 0.3 is 0 Å². The molecular weight excluding hydrogens is 240 g/mol. The highest BCUT2D eigenvalue weighted by molar-refractivity contribution is 7.98. The van der Waals surface area contributed by atoms with Gasteiger partial charge in [-0.15, -0.1) is 23.1 Å². The molecule has 2 heterocycles. The molecule has 0 radical (unpaired) electrons. The zero-order valence-electron chi connectivity index (χ0n) is 8.88. The molecule has 4 nitrogen and oxygen atoms in total. The Morgan fingerprint density at radius 3 is 3.06 bits per heavy atom. The third kappa shape index (κ3) is 3.18. The van der Waals surface area contributed by atoms with E-state index in [1.807, 2.05) is 23.9 Å². The first kappa shape index (κ1) is 11.3. The number of hydrogen-bond acceptors (Lipinski definition) is 6. The predicted molar refractivity (Wildman–Crippen MR) is 68.1 cm³/mol. The quantitative estimate of drug-likeness (QED) is 0.653. The molecule has 84 valence electrons. The van der Waals surface area contributed by atoms with Crippen LogP contribution in [0.5, 0.6) is 0 Å². The third-order valence-corrected chi connectivity index (χ3v) is 3.46. The highest BCUT2D eigenvalue weighted by Gasteiger charge is 1.98. The van der Waals surface area contributed by atoms with E-state index in [-0.39, 0.29) is 0 Å². The van der Waals surface area contributed by atoms with Gasteiger partial charge in [-0.3, -0.25) is 0 Å². The van der Waals surface area contributed by atoms with Crippen LogP contribution in [0.25, 0.3) is 0 Å². The largest absolute Gasteiger partial charge is 0.370 e. The molecule has 0 aromatic carbocycles. The molecule has 0 amide bonds. The van der Waals surface area contributed by atoms with Crippen molar-refractivity contribution in [3.63, 3.8) is 0 Å². The lowest BCUT2D eigenvalue weighted by Gasteiger charge is -2.04. The lowest BCUT2D eigenvalue weighted by Crippen LogP contribution is -2.06. The first-order valence-corrected chi connectivity index (χ1v) is 6.97. The molecule has 6 heteroatoms. The molecule has 2 rings (SSSR count). The second-order valence-corrected chi connectivity index (χ2v) is 4.85. The van der Waals surface area contributed by atoms with Crippen molar-refractivity contribution in [3.05, 3.63) is 29.0 Å². The summed E-state index contributed by atoms with van der Waals surface area (Å²) < 4.78 is 0. The number of nitrogens with one attached hydrogen (secondary N) is 1. The molecule has 0 saturated heterocycles. The topological polar surface area (TPSA) is 50.7 Å². The third-order valence-electron chi connectivity index (χ3n) is 1.98. The Morgan fingerprint density at radius 2 is 2.31 bits per heavy atom. The van der Waals surface area contributed by atoms with E-state index in [0.29, 0.717) is 0 Å². The van der Waals surface area contributed by atoms with Gasteiger partial charge in [0, 0.05) is 30.6 Å². The van der Waals surface area contributed by atoms with Gasteiger partial charge in [-0.2, -0.15) is 0 Å². The zero-order chi connectivity index (χ0) is 11.2. The lowest BCUT2D eigenvalue weighted by molar-refractivity contribution is 0.968. The van der Waals surface area contributed by atoms with Gasteiger partial charge in [0.1, 0.15) is 17.2 Å². The molecule has 0 fully saturated rings. The minimum absolute atomic E-state index is 0.846. The average molecular weight is 252 g/mol. The smallest absolute Gasteiger partial charge is 0.130 e. The number of hydrogen-bond donors (Lipinski definition) is 1. The molecule has 0 saturated carbocycles. The minimum Gasteiger partial charge on any atom is -0.370 e. The molecule has 0 spiro atoms. The van der Waals surface area contributed by atoms with Crippen LogP contribution in [0, 0.1) is 0 Å². The van der Waals surface area contributed by atoms with Gasteiger partial charge in [-0.25, -0.2) is 15.0 Å². The number of aromatic nitrogens is 3. The number of thioether (sulfide) groups is 1. The van der Waals surface area contributed by atoms with Crippen LogP contribution in [-0.2, 0) is 6.42 Å². The summed E-state index contributed by atoms with van der Waals surface area (Å²) in [6, 6.07) is 1.95. The summed E-state index contributed by atoms with van der Waals surface area (Å²) >= 11 is 3.29. The fourth-order valence-electron chi connectivity index (χ4n) is 1.22. The fourth-order valence-corrected chi connectivity index (χ4v) is 2.22. The lowest BCUT2D eigenvalue weighted by atomic mass is 10.4. The maximum Gasteiger partial charge on any atom is 0.130 e. The summed E-state index contributed by atoms with van der Waals surface area (Å²) in [5, 5.41) is 7.38. The standard InChI is InChI=1S/C10H12N4S2/c1-15-10-6-8(13-7-14-10)11-3-2-9-12-4-5-16-9/h4-7H,2-3H2,1H3,(H,11,13,14). The maximum atomic E-state index is 4.22. The summed E-state index contributed by atoms with van der Waals surface area (Å²) in [5.74, 6) is 0.871. The summed E-state index contributed by atoms with van der Waals surface area (Å²) in [5.41, 5.74) is 0. The van der Waals surface area contributed by atoms with Crippen LogP contribution in [0.3, 0.4) is 0 Å². The molecule has 0 aliphatic rings. The van der Waals surface area contributed by atoms with Crippen LogP contribution in [0.15, 0.2) is 29.0 Å². The Bertz CT molecular complexity index is 430. The van der Waals surface area contributed by atoms with E-state index in [9.17, 15) is 0 Å². The van der Waals surface area contributed by atoms with Gasteiger partial charge in [0.25, 0.3) is 0 Å². The van der Waals surface area contributed by atoms with E-state index < -0.39 is 0 Å². The molecular formula is C10H12N4S2. The van der Waals surface area contributed by atoms with E-state index in [4.69, 9.17) is 0 Å². The second kappa shape index (κ2) is 5.81. The molecule has 0 aliphatic heterocycles. The monoisotopic (exact) mass is 252 g/mol. The summed E-state index contributed by atoms with van der Waals surface area (Å²) in [4.78, 5) is 12.5. The van der Waals surface area contributed by atoms with Crippen molar-refractivity contribution in [2.24, 2.45) is 0 Å². The SMILES string of the molecule is CSc1cc(NCCc2nccs2)ncn1. The molecule has 2 aromatic heterocycles. The normalized spacial score (nSPS) is 10.3. The Kier molecular flexibility index (Phi) is 4.12. The van der Waals surface area contributed by atoms with Crippen LogP contribution < -0.4 is 5.32 Å². The minimum atomic E-state index is 0.846. The van der Waals surface area contributed by atoms with Crippen molar-refractivity contribution in [2.75, 3.05) is 18.1 Å². The number of rotatable bonds is 5. The first-order valence-electron chi connectivity index (χ1n) is 4.87. The number of anilines is 1. The van der Waals surface area contributed by atoms with E-state index in [0.717, 1.165) is 28.8 Å². The average Bonchev–Trinajstić information content (AvgIpc) is 2.82. The predicted octanol–water partition coefficient (Wildman–Crippen LogP) is 2.31. The Hall–Kier alpha value is -1.14. The Morgan fingerprint density at radius 1 is 1.38 bits per heavy atom. The van der Waals surface area contributed by atoms with Gasteiger partial charge in [0.15, 0.2) is 0 Å². The van der Waals surface area contributed by atoms with Gasteiger partial charge in [-0.05, 0) is 6.26 Å². The highest BCUT2D eigenvalue weighted by atomic mass is 32.2. The van der Waals surface area contributed by atoms with Crippen molar-refractivity contribution >= 4 is 28.9 Å². The maximum absolute atomic E-state index is 4.22. The van der Waals surface area contributed by atoms with E-state index in [1.165, 1.54) is 0 Å². The highest BCUT2D eigenvalue weighted by Crippen LogP contribution is 2.13. The summed E-state index contributed by atoms with van der Waals surface area (Å²) in [6.07, 6.45) is 6.34. The second-order valence-electron chi connectivity index (χ2n) is 3.05. The Balaban J connectivity index is 1.85. The van der Waals surface area contributed by atoms with Gasteiger partial charge in [0.2, 0.25) is 0 Å². The number of thiazole rings is 1. The van der Waals surface area contributed by atoms with Crippen molar-refractivity contribution in [3.8, 4) is 0 Å². The van der Waals surface area contributed by atoms with E-state index >= 15 is 0 Å². The molecule has 0 unspecified atom stereocenters. The van der Waals surface area contributed by atoms with Crippen molar-refractivity contribution in [2.45, 2.75) is 11.4 Å². The molecule has 0 atom stereocenters. The number of nitrogens with zero attached hydrogens (tertiary/aromatic N) is 3. The Labute approximate surface area is 103 Å². The molecule has 0 aliphatic carbocycles. The molecule has 1 N–H and O–H groups in total. The van der Waals surface area contributed by atoms with Crippen LogP contribution >= 0.6 is 23.1 Å². The summed E-state index contributed by atoms with van der Waals surface area (Å²) in [6.45, 7) is 0.846. The van der Waals surface area contributed by atoms with E-state index in [1.54, 1.807) is 29.4 Å². The molecule has 2 aromatic rings. The van der Waals surface area contributed by atoms with Gasteiger partial charge < -0.3 is 5.32 Å². The van der Waals surface area contributed by atoms with Crippen LogP contribution in [-0.4, -0.2) is 27.8 Å². The fraction of sp³-hybridized carbons (Fsp3) is 0.300. The zero-order valence-corrected chi connectivity index (χ0v) is 10.5. The van der Waals surface area contributed by atoms with Crippen LogP contribution in [0.2, 0.25) is 0 Å². The molecule has 0 bridgehead atoms. The van der Waals surface area contributed by atoms with Crippen LogP contribution in [0.4, 0.5) is 5.82 Å². The van der Waals surface area contributed by atoms with Crippen molar-refractivity contribution in [1.29, 1.82) is 0 Å². The van der Waals surface area contributed by atoms with E-state index in [2.05, 4.69) is 20.3 Å². The molecule has 16 heavy (non-hydrogen) atoms. The van der Waals surface area contributed by atoms with Gasteiger partial charge in [0.05, 0.1) is 5.01 Å². The first-order chi connectivity index (χ1) is 7.88. The van der Waals surface area contributed by atoms with Crippen molar-refractivity contribution in [1.82, 2.24) is 15.0 Å². The van der Waals surface area contributed by atoms with Crippen LogP contribution in [0.1, 0.15) is 5.01 Å². The van der Waals surface area contributed by atoms with Crippen molar-refractivity contribution < 1.29 is 0 Å². The summed E-state index contributed by atoms with van der Waals surface area (Å²) in [7, 11) is 0.